The van der Waals surface area contributed by atoms with E-state index in [0.29, 0.717) is 6.54 Å². The summed E-state index contributed by atoms with van der Waals surface area (Å²) in [5.41, 5.74) is 3.11. The number of rotatable bonds is 11. The molecule has 0 saturated heterocycles. The van der Waals surface area contributed by atoms with Gasteiger partial charge in [-0.25, -0.2) is 4.98 Å². The van der Waals surface area contributed by atoms with Crippen LogP contribution in [0.3, 0.4) is 0 Å². The number of nitrogens with one attached hydrogen (secondary N) is 1. The highest BCUT2D eigenvalue weighted by atomic mass is 35.5. The van der Waals surface area contributed by atoms with Gasteiger partial charge in [0.1, 0.15) is 17.7 Å². The van der Waals surface area contributed by atoms with Crippen LogP contribution < -0.4 is 10.1 Å². The van der Waals surface area contributed by atoms with Crippen LogP contribution in [0.4, 0.5) is 0 Å². The Bertz CT molecular complexity index is 1110. The summed E-state index contributed by atoms with van der Waals surface area (Å²) in [7, 11) is 3.61. The fourth-order valence-corrected chi connectivity index (χ4v) is 4.00. The van der Waals surface area contributed by atoms with E-state index in [-0.39, 0.29) is 31.2 Å². The number of methoxy groups -OCH3 is 1. The van der Waals surface area contributed by atoms with E-state index < -0.39 is 6.10 Å². The third-order valence-corrected chi connectivity index (χ3v) is 5.76. The lowest BCUT2D eigenvalue weighted by molar-refractivity contribution is 0.00589. The molecule has 0 amide bonds. The van der Waals surface area contributed by atoms with Crippen molar-refractivity contribution in [3.8, 4) is 5.75 Å². The maximum absolute atomic E-state index is 10.8. The molecule has 1 heterocycles. The highest BCUT2D eigenvalue weighted by molar-refractivity contribution is 5.85. The maximum Gasteiger partial charge on any atom is 0.130 e. The number of aliphatic hydroxyl groups is 1. The Morgan fingerprint density at radius 2 is 1.54 bits per heavy atom. The van der Waals surface area contributed by atoms with Gasteiger partial charge in [0.05, 0.1) is 25.9 Å². The quantitative estimate of drug-likeness (QED) is 0.317. The van der Waals surface area contributed by atoms with Crippen molar-refractivity contribution < 1.29 is 14.6 Å². The molecule has 0 spiro atoms. The van der Waals surface area contributed by atoms with Crippen LogP contribution >= 0.6 is 12.4 Å². The van der Waals surface area contributed by atoms with Crippen molar-refractivity contribution in [1.82, 2.24) is 14.9 Å². The first kappa shape index (κ1) is 26.4. The van der Waals surface area contributed by atoms with Crippen LogP contribution in [0, 0.1) is 0 Å². The van der Waals surface area contributed by atoms with E-state index in [1.165, 1.54) is 0 Å². The smallest absolute Gasteiger partial charge is 0.130 e. The molecular formula is C28H32ClN3O3. The van der Waals surface area contributed by atoms with Crippen LogP contribution in [-0.2, 0) is 11.8 Å². The number of imidazole rings is 1. The number of hydrogen-bond acceptors (Lipinski definition) is 5. The number of aromatic nitrogens is 2. The van der Waals surface area contributed by atoms with Crippen molar-refractivity contribution in [2.45, 2.75) is 18.2 Å². The Kier molecular flexibility index (Phi) is 9.87. The highest BCUT2D eigenvalue weighted by Gasteiger charge is 2.21. The van der Waals surface area contributed by atoms with Gasteiger partial charge >= 0.3 is 0 Å². The second-order valence-electron chi connectivity index (χ2n) is 8.20. The molecule has 1 aromatic heterocycles. The third-order valence-electron chi connectivity index (χ3n) is 5.76. The molecule has 6 nitrogen and oxygen atoms in total. The predicted molar refractivity (Wildman–Crippen MR) is 140 cm³/mol. The monoisotopic (exact) mass is 493 g/mol. The molecule has 0 aliphatic rings. The Morgan fingerprint density at radius 3 is 2.11 bits per heavy atom. The minimum atomic E-state index is -0.705. The molecule has 184 valence electrons. The molecule has 0 saturated carbocycles. The van der Waals surface area contributed by atoms with E-state index in [1.54, 1.807) is 13.3 Å². The molecule has 7 heteroatoms. The normalized spacial score (nSPS) is 12.7. The van der Waals surface area contributed by atoms with E-state index in [0.717, 1.165) is 28.3 Å². The van der Waals surface area contributed by atoms with Crippen LogP contribution in [0.15, 0.2) is 97.3 Å². The number of halogens is 1. The largest absolute Gasteiger partial charge is 0.497 e. The molecule has 0 aliphatic heterocycles. The molecule has 2 atom stereocenters. The lowest BCUT2D eigenvalue weighted by Gasteiger charge is -2.24. The second-order valence-corrected chi connectivity index (χ2v) is 8.20. The first-order valence-corrected chi connectivity index (χ1v) is 11.4. The fraction of sp³-hybridized carbons (Fsp3) is 0.250. The SMILES string of the molecule is COc1cccc(C(NCC(O)COC(c2ccccc2)c2ccccc2)c2nccn2C)c1.Cl. The number of nitrogens with zero attached hydrogens (tertiary/aromatic N) is 2. The molecule has 4 rings (SSSR count). The summed E-state index contributed by atoms with van der Waals surface area (Å²) >= 11 is 0. The molecule has 2 unspecified atom stereocenters. The standard InChI is InChI=1S/C28H31N3O3.ClH/c1-31-17-16-29-28(31)26(23-14-9-15-25(18-23)33-2)30-19-24(32)20-34-27(21-10-5-3-6-11-21)22-12-7-4-8-13-22;/h3-18,24,26-27,30,32H,19-20H2,1-2H3;1H. The van der Waals surface area contributed by atoms with Crippen LogP contribution in [0.25, 0.3) is 0 Å². The van der Waals surface area contributed by atoms with Crippen molar-refractivity contribution in [1.29, 1.82) is 0 Å². The summed E-state index contributed by atoms with van der Waals surface area (Å²) in [5.74, 6) is 1.63. The average Bonchev–Trinajstić information content (AvgIpc) is 3.31. The number of hydrogen-bond donors (Lipinski definition) is 2. The fourth-order valence-electron chi connectivity index (χ4n) is 4.00. The van der Waals surface area contributed by atoms with Crippen LogP contribution in [-0.4, -0.2) is 41.0 Å². The van der Waals surface area contributed by atoms with Crippen molar-refractivity contribution in [3.05, 3.63) is 120 Å². The van der Waals surface area contributed by atoms with E-state index in [9.17, 15) is 5.11 Å². The predicted octanol–water partition coefficient (Wildman–Crippen LogP) is 4.70. The van der Waals surface area contributed by atoms with E-state index in [2.05, 4.69) is 10.3 Å². The first-order valence-electron chi connectivity index (χ1n) is 11.4. The summed E-state index contributed by atoms with van der Waals surface area (Å²) in [6.45, 7) is 0.526. The molecule has 0 radical (unpaired) electrons. The van der Waals surface area contributed by atoms with Gasteiger partial charge in [0.25, 0.3) is 0 Å². The number of aryl methyl sites for hydroxylation is 1. The van der Waals surface area contributed by atoms with E-state index >= 15 is 0 Å². The highest BCUT2D eigenvalue weighted by Crippen LogP contribution is 2.27. The van der Waals surface area contributed by atoms with Gasteiger partial charge in [-0.3, -0.25) is 0 Å². The third kappa shape index (κ3) is 6.93. The van der Waals surface area contributed by atoms with Crippen molar-refractivity contribution in [3.63, 3.8) is 0 Å². The minimum absolute atomic E-state index is 0. The van der Waals surface area contributed by atoms with Gasteiger partial charge in [-0.15, -0.1) is 12.4 Å². The van der Waals surface area contributed by atoms with Crippen molar-refractivity contribution in [2.75, 3.05) is 20.3 Å². The van der Waals surface area contributed by atoms with Crippen LogP contribution in [0.2, 0.25) is 0 Å². The second kappa shape index (κ2) is 13.1. The number of aliphatic hydroxyl groups excluding tert-OH is 1. The summed E-state index contributed by atoms with van der Waals surface area (Å²) in [6, 6.07) is 27.8. The summed E-state index contributed by atoms with van der Waals surface area (Å²) in [5, 5.41) is 14.3. The van der Waals surface area contributed by atoms with Gasteiger partial charge in [0.15, 0.2) is 0 Å². The average molecular weight is 494 g/mol. The Labute approximate surface area is 213 Å². The number of benzene rings is 3. The molecule has 0 fully saturated rings. The van der Waals surface area contributed by atoms with Crippen LogP contribution in [0.1, 0.15) is 34.7 Å². The first-order chi connectivity index (χ1) is 16.7. The van der Waals surface area contributed by atoms with Crippen molar-refractivity contribution in [2.24, 2.45) is 7.05 Å². The molecule has 3 aromatic carbocycles. The van der Waals surface area contributed by atoms with Gasteiger partial charge in [0, 0.05) is 26.0 Å². The zero-order valence-electron chi connectivity index (χ0n) is 20.0. The van der Waals surface area contributed by atoms with Gasteiger partial charge in [-0.05, 0) is 28.8 Å². The molecule has 35 heavy (non-hydrogen) atoms. The van der Waals surface area contributed by atoms with Crippen molar-refractivity contribution >= 4 is 12.4 Å². The summed E-state index contributed by atoms with van der Waals surface area (Å²) < 4.78 is 13.6. The van der Waals surface area contributed by atoms with Gasteiger partial charge in [-0.1, -0.05) is 72.8 Å². The van der Waals surface area contributed by atoms with E-state index in [1.807, 2.05) is 103 Å². The van der Waals surface area contributed by atoms with Gasteiger partial charge < -0.3 is 24.5 Å². The summed E-state index contributed by atoms with van der Waals surface area (Å²) in [6.07, 6.45) is 2.73. The molecule has 0 bridgehead atoms. The van der Waals surface area contributed by atoms with Crippen LogP contribution in [0.5, 0.6) is 5.75 Å². The topological polar surface area (TPSA) is 68.5 Å². The lowest BCUT2D eigenvalue weighted by atomic mass is 10.0. The van der Waals surface area contributed by atoms with Gasteiger partial charge in [-0.2, -0.15) is 0 Å². The molecular weight excluding hydrogens is 462 g/mol. The minimum Gasteiger partial charge on any atom is -0.497 e. The lowest BCUT2D eigenvalue weighted by Crippen LogP contribution is -2.35. The summed E-state index contributed by atoms with van der Waals surface area (Å²) in [4.78, 5) is 4.53. The molecule has 2 N–H and O–H groups in total. The Hall–Kier alpha value is -3.16. The number of ether oxygens (including phenoxy) is 2. The zero-order valence-corrected chi connectivity index (χ0v) is 20.8. The van der Waals surface area contributed by atoms with E-state index in [4.69, 9.17) is 9.47 Å². The maximum atomic E-state index is 10.8. The Morgan fingerprint density at radius 1 is 0.914 bits per heavy atom. The zero-order chi connectivity index (χ0) is 23.8. The van der Waals surface area contributed by atoms with Gasteiger partial charge in [0.2, 0.25) is 0 Å². The molecule has 0 aliphatic carbocycles. The molecule has 4 aromatic rings. The Balaban J connectivity index is 0.00000342.